The van der Waals surface area contributed by atoms with Crippen molar-refractivity contribution in [1.82, 2.24) is 15.6 Å². The summed E-state index contributed by atoms with van der Waals surface area (Å²) in [5, 5.41) is 4.14. The van der Waals surface area contributed by atoms with Gasteiger partial charge in [-0.05, 0) is 25.8 Å². The Morgan fingerprint density at radius 2 is 1.96 bits per heavy atom. The Bertz CT molecular complexity index is 667. The molecule has 0 aromatic carbocycles. The summed E-state index contributed by atoms with van der Waals surface area (Å²) in [6, 6.07) is 0.253. The van der Waals surface area contributed by atoms with E-state index in [0.717, 1.165) is 49.9 Å². The number of rotatable bonds is 4. The summed E-state index contributed by atoms with van der Waals surface area (Å²) in [4.78, 5) is 27.6. The Kier molecular flexibility index (Phi) is 7.16. The number of pyridine rings is 1. The highest BCUT2D eigenvalue weighted by Crippen LogP contribution is 2.34. The van der Waals surface area contributed by atoms with Gasteiger partial charge in [0.2, 0.25) is 5.91 Å². The van der Waals surface area contributed by atoms with Crippen molar-refractivity contribution in [2.75, 3.05) is 0 Å². The molecule has 5 nitrogen and oxygen atoms in total. The molecule has 1 aliphatic carbocycles. The zero-order valence-corrected chi connectivity index (χ0v) is 15.6. The Balaban J connectivity index is 1.89. The fourth-order valence-corrected chi connectivity index (χ4v) is 3.66. The molecule has 0 radical (unpaired) electrons. The molecular weight excluding hydrogens is 391 g/mol. The van der Waals surface area contributed by atoms with Crippen LogP contribution in [0.5, 0.6) is 0 Å². The molecule has 144 valence electrons. The van der Waals surface area contributed by atoms with Gasteiger partial charge in [-0.2, -0.15) is 13.2 Å². The average molecular weight is 410 g/mol. The fraction of sp³-hybridized carbons (Fsp3) is 0.562. The average Bonchev–Trinajstić information content (AvgIpc) is 2.56. The zero-order valence-electron chi connectivity index (χ0n) is 14.0. The molecule has 1 heterocycles. The lowest BCUT2D eigenvalue weighted by atomic mass is 9.96. The molecule has 0 unspecified atom stereocenters. The Labute approximate surface area is 158 Å². The lowest BCUT2D eigenvalue weighted by Crippen LogP contribution is -2.47. The molecule has 3 amide bonds. The van der Waals surface area contributed by atoms with Crippen molar-refractivity contribution in [3.05, 3.63) is 22.8 Å². The van der Waals surface area contributed by atoms with Crippen LogP contribution in [0.1, 0.15) is 44.6 Å². The maximum absolute atomic E-state index is 12.6. The molecule has 1 saturated carbocycles. The Morgan fingerprint density at radius 1 is 1.31 bits per heavy atom. The first kappa shape index (κ1) is 20.8. The third kappa shape index (κ3) is 6.05. The second-order valence-electron chi connectivity index (χ2n) is 6.07. The highest BCUT2D eigenvalue weighted by atomic mass is 35.5. The van der Waals surface area contributed by atoms with E-state index >= 15 is 0 Å². The van der Waals surface area contributed by atoms with Crippen LogP contribution in [0.4, 0.5) is 18.0 Å². The van der Waals surface area contributed by atoms with Crippen LogP contribution in [0.2, 0.25) is 5.02 Å². The van der Waals surface area contributed by atoms with Crippen molar-refractivity contribution in [3.8, 4) is 0 Å². The molecule has 0 saturated heterocycles. The van der Waals surface area contributed by atoms with E-state index in [1.807, 2.05) is 0 Å². The van der Waals surface area contributed by atoms with Crippen LogP contribution in [-0.4, -0.2) is 28.2 Å². The van der Waals surface area contributed by atoms with E-state index in [4.69, 9.17) is 11.6 Å². The molecule has 10 heteroatoms. The van der Waals surface area contributed by atoms with Crippen molar-refractivity contribution in [3.63, 3.8) is 0 Å². The molecule has 0 bridgehead atoms. The Morgan fingerprint density at radius 3 is 2.54 bits per heavy atom. The summed E-state index contributed by atoms with van der Waals surface area (Å²) in [7, 11) is 0. The number of halogens is 4. The van der Waals surface area contributed by atoms with Crippen LogP contribution in [0.15, 0.2) is 17.3 Å². The van der Waals surface area contributed by atoms with Crippen LogP contribution < -0.4 is 10.6 Å². The zero-order chi connectivity index (χ0) is 19.3. The molecule has 1 aromatic heterocycles. The molecule has 1 atom stereocenters. The minimum Gasteiger partial charge on any atom is -0.335 e. The molecule has 0 aliphatic heterocycles. The number of alkyl halides is 3. The number of carbonyl (C=O) groups is 2. The number of amides is 3. The maximum atomic E-state index is 12.6. The van der Waals surface area contributed by atoms with E-state index in [1.54, 1.807) is 0 Å². The molecular formula is C16H19ClF3N3O2S. The van der Waals surface area contributed by atoms with Gasteiger partial charge in [0, 0.05) is 12.2 Å². The molecule has 1 aromatic rings. The smallest absolute Gasteiger partial charge is 0.335 e. The number of aromatic nitrogens is 1. The minimum atomic E-state index is -4.54. The van der Waals surface area contributed by atoms with Gasteiger partial charge in [-0.1, -0.05) is 42.6 Å². The van der Waals surface area contributed by atoms with Crippen molar-refractivity contribution in [2.45, 2.75) is 61.5 Å². The SMILES string of the molecule is C[C@H](Sc1ncc(C(F)(F)F)cc1Cl)C(=O)NC(=O)NC1CCCCC1. The van der Waals surface area contributed by atoms with Crippen molar-refractivity contribution < 1.29 is 22.8 Å². The quantitative estimate of drug-likeness (QED) is 0.723. The predicted octanol–water partition coefficient (Wildman–Crippen LogP) is 4.39. The predicted molar refractivity (Wildman–Crippen MR) is 93.1 cm³/mol. The van der Waals surface area contributed by atoms with E-state index in [2.05, 4.69) is 15.6 Å². The van der Waals surface area contributed by atoms with E-state index in [1.165, 1.54) is 6.92 Å². The number of nitrogens with one attached hydrogen (secondary N) is 2. The highest BCUT2D eigenvalue weighted by molar-refractivity contribution is 8.00. The van der Waals surface area contributed by atoms with Gasteiger partial charge in [-0.3, -0.25) is 10.1 Å². The summed E-state index contributed by atoms with van der Waals surface area (Å²) in [5.74, 6) is -0.568. The number of nitrogens with zero attached hydrogens (tertiary/aromatic N) is 1. The number of thioether (sulfide) groups is 1. The van der Waals surface area contributed by atoms with Crippen LogP contribution in [0.3, 0.4) is 0 Å². The van der Waals surface area contributed by atoms with Crippen molar-refractivity contribution in [2.24, 2.45) is 0 Å². The first-order chi connectivity index (χ1) is 12.2. The summed E-state index contributed by atoms with van der Waals surface area (Å²) in [5.41, 5.74) is -0.962. The normalized spacial score (nSPS) is 16.8. The molecule has 2 rings (SSSR count). The highest BCUT2D eigenvalue weighted by Gasteiger charge is 2.32. The molecule has 0 spiro atoms. The molecule has 1 fully saturated rings. The van der Waals surface area contributed by atoms with E-state index in [0.29, 0.717) is 6.20 Å². The second-order valence-corrected chi connectivity index (χ2v) is 7.80. The molecule has 2 N–H and O–H groups in total. The van der Waals surface area contributed by atoms with Gasteiger partial charge in [0.1, 0.15) is 5.03 Å². The largest absolute Gasteiger partial charge is 0.417 e. The summed E-state index contributed by atoms with van der Waals surface area (Å²) >= 11 is 6.71. The van der Waals surface area contributed by atoms with Gasteiger partial charge in [0.05, 0.1) is 15.8 Å². The van der Waals surface area contributed by atoms with Crippen LogP contribution in [-0.2, 0) is 11.0 Å². The van der Waals surface area contributed by atoms with Crippen molar-refractivity contribution in [1.29, 1.82) is 0 Å². The van der Waals surface area contributed by atoms with E-state index < -0.39 is 28.9 Å². The number of hydrogen-bond donors (Lipinski definition) is 2. The number of hydrogen-bond acceptors (Lipinski definition) is 4. The minimum absolute atomic E-state index is 0.0607. The lowest BCUT2D eigenvalue weighted by Gasteiger charge is -2.23. The standard InChI is InChI=1S/C16H19ClF3N3O2S/c1-9(13(24)23-15(25)22-11-5-3-2-4-6-11)26-14-12(17)7-10(8-21-14)16(18,19)20/h7-9,11H,2-6H2,1H3,(H2,22,23,24,25)/t9-/m0/s1. The van der Waals surface area contributed by atoms with Crippen LogP contribution in [0.25, 0.3) is 0 Å². The molecule has 1 aliphatic rings. The first-order valence-corrected chi connectivity index (χ1v) is 9.43. The van der Waals surface area contributed by atoms with E-state index in [-0.39, 0.29) is 16.1 Å². The monoisotopic (exact) mass is 409 g/mol. The first-order valence-electron chi connectivity index (χ1n) is 8.17. The lowest BCUT2D eigenvalue weighted by molar-refractivity contribution is -0.137. The Hall–Kier alpha value is -1.48. The topological polar surface area (TPSA) is 71.1 Å². The summed E-state index contributed by atoms with van der Waals surface area (Å²) in [6.07, 6.45) is 1.13. The fourth-order valence-electron chi connectivity index (χ4n) is 2.57. The number of imide groups is 1. The summed E-state index contributed by atoms with van der Waals surface area (Å²) in [6.45, 7) is 1.52. The second kappa shape index (κ2) is 8.94. The van der Waals surface area contributed by atoms with Gasteiger partial charge in [0.25, 0.3) is 0 Å². The van der Waals surface area contributed by atoms with E-state index in [9.17, 15) is 22.8 Å². The summed E-state index contributed by atoms with van der Waals surface area (Å²) < 4.78 is 37.8. The third-order valence-corrected chi connectivity index (χ3v) is 5.49. The van der Waals surface area contributed by atoms with Gasteiger partial charge >= 0.3 is 12.2 Å². The van der Waals surface area contributed by atoms with Gasteiger partial charge in [-0.15, -0.1) is 0 Å². The third-order valence-electron chi connectivity index (χ3n) is 3.97. The maximum Gasteiger partial charge on any atom is 0.417 e. The van der Waals surface area contributed by atoms with Crippen molar-refractivity contribution >= 4 is 35.3 Å². The van der Waals surface area contributed by atoms with Gasteiger partial charge in [-0.25, -0.2) is 9.78 Å². The number of carbonyl (C=O) groups excluding carboxylic acids is 2. The van der Waals surface area contributed by atoms with Crippen LogP contribution in [0, 0.1) is 0 Å². The van der Waals surface area contributed by atoms with Crippen LogP contribution >= 0.6 is 23.4 Å². The molecule has 26 heavy (non-hydrogen) atoms. The van der Waals surface area contributed by atoms with Gasteiger partial charge < -0.3 is 5.32 Å². The van der Waals surface area contributed by atoms with Gasteiger partial charge in [0.15, 0.2) is 0 Å². The number of urea groups is 1.